The fourth-order valence-electron chi connectivity index (χ4n) is 3.75. The van der Waals surface area contributed by atoms with Gasteiger partial charge in [0.25, 0.3) is 5.56 Å². The van der Waals surface area contributed by atoms with Crippen molar-refractivity contribution in [3.05, 3.63) is 34.6 Å². The second kappa shape index (κ2) is 9.59. The highest BCUT2D eigenvalue weighted by molar-refractivity contribution is 7.99. The summed E-state index contributed by atoms with van der Waals surface area (Å²) in [6.45, 7) is 8.15. The Labute approximate surface area is 171 Å². The number of carbonyl (C=O) groups is 1. The third-order valence-electron chi connectivity index (χ3n) is 5.38. The number of para-hydroxylation sites is 1. The predicted molar refractivity (Wildman–Crippen MR) is 116 cm³/mol. The Morgan fingerprint density at radius 2 is 1.93 bits per heavy atom. The van der Waals surface area contributed by atoms with Crippen molar-refractivity contribution < 1.29 is 4.79 Å². The van der Waals surface area contributed by atoms with Gasteiger partial charge < -0.3 is 4.90 Å². The quantitative estimate of drug-likeness (QED) is 0.459. The molecule has 1 unspecified atom stereocenters. The molecule has 0 spiro atoms. The van der Waals surface area contributed by atoms with E-state index >= 15 is 0 Å². The van der Waals surface area contributed by atoms with Gasteiger partial charge in [0.1, 0.15) is 0 Å². The molecule has 1 fully saturated rings. The van der Waals surface area contributed by atoms with Gasteiger partial charge in [-0.3, -0.25) is 14.2 Å². The summed E-state index contributed by atoms with van der Waals surface area (Å²) < 4.78 is 1.87. The first-order chi connectivity index (χ1) is 13.5. The number of benzene rings is 1. The molecule has 1 aromatic heterocycles. The van der Waals surface area contributed by atoms with Gasteiger partial charge in [-0.05, 0) is 37.8 Å². The molecule has 1 atom stereocenters. The van der Waals surface area contributed by atoms with Crippen molar-refractivity contribution in [1.29, 1.82) is 0 Å². The van der Waals surface area contributed by atoms with Gasteiger partial charge in [0.2, 0.25) is 5.91 Å². The molecule has 1 aliphatic heterocycles. The predicted octanol–water partition coefficient (Wildman–Crippen LogP) is 4.50. The van der Waals surface area contributed by atoms with E-state index < -0.39 is 0 Å². The van der Waals surface area contributed by atoms with E-state index in [1.165, 1.54) is 6.42 Å². The minimum absolute atomic E-state index is 0.0439. The van der Waals surface area contributed by atoms with Gasteiger partial charge in [-0.1, -0.05) is 50.6 Å². The van der Waals surface area contributed by atoms with Crippen LogP contribution in [0.2, 0.25) is 0 Å². The minimum atomic E-state index is 0.0439. The molecule has 2 aromatic rings. The van der Waals surface area contributed by atoms with Gasteiger partial charge in [-0.15, -0.1) is 0 Å². The molecule has 0 N–H and O–H groups in total. The average Bonchev–Trinajstić information content (AvgIpc) is 3.06. The van der Waals surface area contributed by atoms with Crippen LogP contribution in [0.15, 0.2) is 34.2 Å². The van der Waals surface area contributed by atoms with Crippen molar-refractivity contribution in [2.24, 2.45) is 5.92 Å². The number of aromatic nitrogens is 2. The third kappa shape index (κ3) is 4.96. The van der Waals surface area contributed by atoms with E-state index in [0.29, 0.717) is 24.3 Å². The molecule has 0 aliphatic carbocycles. The number of rotatable bonds is 9. The van der Waals surface area contributed by atoms with Gasteiger partial charge >= 0.3 is 0 Å². The van der Waals surface area contributed by atoms with Crippen LogP contribution >= 0.6 is 11.8 Å². The average molecular weight is 402 g/mol. The summed E-state index contributed by atoms with van der Waals surface area (Å²) in [5.41, 5.74) is 0.792. The molecule has 5 nitrogen and oxygen atoms in total. The van der Waals surface area contributed by atoms with Crippen LogP contribution in [0.5, 0.6) is 0 Å². The molecular formula is C22H31N3O2S. The highest BCUT2D eigenvalue weighted by Gasteiger charge is 2.21. The maximum absolute atomic E-state index is 13.2. The normalized spacial score (nSPS) is 15.7. The standard InChI is InChI=1S/C22H31N3O2S/c1-16(2)8-6-9-17(3)25-21(27)18-10-4-5-11-19(18)23-22(25)28-15-14-24-13-7-12-20(24)26/h4-5,10-11,16-17H,6-9,12-15H2,1-3H3. The van der Waals surface area contributed by atoms with Crippen LogP contribution in [0.25, 0.3) is 10.9 Å². The lowest BCUT2D eigenvalue weighted by molar-refractivity contribution is -0.127. The molecular weight excluding hydrogens is 370 g/mol. The van der Waals surface area contributed by atoms with E-state index in [-0.39, 0.29) is 17.5 Å². The molecule has 1 saturated heterocycles. The fraction of sp³-hybridized carbons (Fsp3) is 0.591. The summed E-state index contributed by atoms with van der Waals surface area (Å²) in [6, 6.07) is 7.69. The first kappa shape index (κ1) is 20.9. The van der Waals surface area contributed by atoms with E-state index in [9.17, 15) is 9.59 Å². The number of carbonyl (C=O) groups excluding carboxylic acids is 1. The molecule has 6 heteroatoms. The van der Waals surface area contributed by atoms with Gasteiger partial charge in [-0.2, -0.15) is 0 Å². The number of amides is 1. The summed E-state index contributed by atoms with van der Waals surface area (Å²) >= 11 is 1.59. The molecule has 1 aromatic carbocycles. The van der Waals surface area contributed by atoms with Gasteiger partial charge in [0.15, 0.2) is 5.16 Å². The maximum Gasteiger partial charge on any atom is 0.262 e. The molecule has 1 amide bonds. The SMILES string of the molecule is CC(C)CCCC(C)n1c(SCCN2CCCC2=O)nc2ccccc2c1=O. The van der Waals surface area contributed by atoms with Crippen LogP contribution in [0, 0.1) is 5.92 Å². The Balaban J connectivity index is 1.81. The second-order valence-electron chi connectivity index (χ2n) is 8.09. The number of hydrogen-bond acceptors (Lipinski definition) is 4. The lowest BCUT2D eigenvalue weighted by Gasteiger charge is -2.21. The lowest BCUT2D eigenvalue weighted by atomic mass is 10.0. The van der Waals surface area contributed by atoms with E-state index in [1.807, 2.05) is 33.7 Å². The number of thioether (sulfide) groups is 1. The zero-order valence-electron chi connectivity index (χ0n) is 17.2. The zero-order valence-corrected chi connectivity index (χ0v) is 18.0. The maximum atomic E-state index is 13.2. The van der Waals surface area contributed by atoms with E-state index in [1.54, 1.807) is 11.8 Å². The van der Waals surface area contributed by atoms with Gasteiger partial charge in [0.05, 0.1) is 10.9 Å². The number of fused-ring (bicyclic) bond motifs is 1. The van der Waals surface area contributed by atoms with Crippen LogP contribution in [0.3, 0.4) is 0 Å². The van der Waals surface area contributed by atoms with Crippen molar-refractivity contribution in [3.8, 4) is 0 Å². The monoisotopic (exact) mass is 401 g/mol. The van der Waals surface area contributed by atoms with Crippen molar-refractivity contribution >= 4 is 28.6 Å². The smallest absolute Gasteiger partial charge is 0.262 e. The highest BCUT2D eigenvalue weighted by Crippen LogP contribution is 2.24. The van der Waals surface area contributed by atoms with Crippen molar-refractivity contribution in [2.45, 2.75) is 64.1 Å². The molecule has 152 valence electrons. The Morgan fingerprint density at radius 3 is 2.64 bits per heavy atom. The number of likely N-dealkylation sites (tertiary alicyclic amines) is 1. The summed E-state index contributed by atoms with van der Waals surface area (Å²) in [5.74, 6) is 1.67. The molecule has 0 saturated carbocycles. The Kier molecular flexibility index (Phi) is 7.16. The van der Waals surface area contributed by atoms with Crippen molar-refractivity contribution in [1.82, 2.24) is 14.5 Å². The minimum Gasteiger partial charge on any atom is -0.342 e. The Bertz CT molecular complexity index is 878. The molecule has 2 heterocycles. The van der Waals surface area contributed by atoms with E-state index in [2.05, 4.69) is 20.8 Å². The zero-order chi connectivity index (χ0) is 20.1. The molecule has 3 rings (SSSR count). The van der Waals surface area contributed by atoms with Crippen LogP contribution in [0.1, 0.15) is 58.9 Å². The fourth-order valence-corrected chi connectivity index (χ4v) is 4.81. The summed E-state index contributed by atoms with van der Waals surface area (Å²) in [5, 5.41) is 1.45. The first-order valence-electron chi connectivity index (χ1n) is 10.4. The third-order valence-corrected chi connectivity index (χ3v) is 6.32. The number of nitrogens with zero attached hydrogens (tertiary/aromatic N) is 3. The van der Waals surface area contributed by atoms with Crippen LogP contribution in [-0.2, 0) is 4.79 Å². The molecule has 28 heavy (non-hydrogen) atoms. The van der Waals surface area contributed by atoms with Crippen LogP contribution in [-0.4, -0.2) is 39.2 Å². The number of hydrogen-bond donors (Lipinski definition) is 0. The topological polar surface area (TPSA) is 55.2 Å². The largest absolute Gasteiger partial charge is 0.342 e. The van der Waals surface area contributed by atoms with E-state index in [0.717, 1.165) is 42.2 Å². The molecule has 0 bridgehead atoms. The summed E-state index contributed by atoms with van der Waals surface area (Å²) in [4.78, 5) is 31.8. The van der Waals surface area contributed by atoms with E-state index in [4.69, 9.17) is 4.98 Å². The second-order valence-corrected chi connectivity index (χ2v) is 9.16. The van der Waals surface area contributed by atoms with Gasteiger partial charge in [-0.25, -0.2) is 4.98 Å². The highest BCUT2D eigenvalue weighted by atomic mass is 32.2. The van der Waals surface area contributed by atoms with Crippen molar-refractivity contribution in [2.75, 3.05) is 18.8 Å². The lowest BCUT2D eigenvalue weighted by Crippen LogP contribution is -2.28. The first-order valence-corrected chi connectivity index (χ1v) is 11.4. The molecule has 0 radical (unpaired) electrons. The summed E-state index contributed by atoms with van der Waals surface area (Å²) in [7, 11) is 0. The van der Waals surface area contributed by atoms with Crippen LogP contribution < -0.4 is 5.56 Å². The Hall–Kier alpha value is -1.82. The van der Waals surface area contributed by atoms with Crippen LogP contribution in [0.4, 0.5) is 0 Å². The summed E-state index contributed by atoms with van der Waals surface area (Å²) in [6.07, 6.45) is 4.85. The Morgan fingerprint density at radius 1 is 1.14 bits per heavy atom. The van der Waals surface area contributed by atoms with Gasteiger partial charge in [0, 0.05) is 31.3 Å². The van der Waals surface area contributed by atoms with Crippen molar-refractivity contribution in [3.63, 3.8) is 0 Å². The molecule has 1 aliphatic rings.